The lowest BCUT2D eigenvalue weighted by atomic mass is 10.1. The van der Waals surface area contributed by atoms with Crippen LogP contribution in [-0.4, -0.2) is 39.3 Å². The van der Waals surface area contributed by atoms with Gasteiger partial charge in [-0.3, -0.25) is 4.99 Å². The molecule has 1 aromatic carbocycles. The Balaban J connectivity index is 2.08. The van der Waals surface area contributed by atoms with Gasteiger partial charge < -0.3 is 15.4 Å². The molecule has 0 atom stereocenters. The van der Waals surface area contributed by atoms with Gasteiger partial charge in [0.05, 0.1) is 0 Å². The largest absolute Gasteiger partial charge is 0.382 e. The van der Waals surface area contributed by atoms with Crippen LogP contribution in [0.15, 0.2) is 29.3 Å². The lowest BCUT2D eigenvalue weighted by molar-refractivity contribution is 0.143. The number of hydrogen-bond acceptors (Lipinski definition) is 2. The minimum absolute atomic E-state index is 0.171. The van der Waals surface area contributed by atoms with E-state index in [0.29, 0.717) is 0 Å². The lowest BCUT2D eigenvalue weighted by Gasteiger charge is -2.11. The highest BCUT2D eigenvalue weighted by molar-refractivity contribution is 5.79. The second kappa shape index (κ2) is 12.0. The van der Waals surface area contributed by atoms with E-state index < -0.39 is 0 Å². The van der Waals surface area contributed by atoms with Crippen molar-refractivity contribution in [2.24, 2.45) is 4.99 Å². The summed E-state index contributed by atoms with van der Waals surface area (Å²) in [4.78, 5) is 4.18. The van der Waals surface area contributed by atoms with Gasteiger partial charge in [0.1, 0.15) is 5.82 Å². The van der Waals surface area contributed by atoms with E-state index >= 15 is 0 Å². The Bertz CT molecular complexity index is 438. The molecule has 0 fully saturated rings. The molecule has 0 aliphatic rings. The smallest absolute Gasteiger partial charge is 0.190 e. The number of guanidine groups is 1. The third kappa shape index (κ3) is 8.62. The van der Waals surface area contributed by atoms with Crippen LogP contribution in [0.1, 0.15) is 31.7 Å². The molecule has 0 radical (unpaired) electrons. The summed E-state index contributed by atoms with van der Waals surface area (Å²) in [5.74, 6) is 0.644. The fourth-order valence-corrected chi connectivity index (χ4v) is 2.09. The summed E-state index contributed by atoms with van der Waals surface area (Å²) in [6.07, 6.45) is 3.91. The Morgan fingerprint density at radius 2 is 1.95 bits per heavy atom. The molecule has 0 aromatic heterocycles. The van der Waals surface area contributed by atoms with E-state index in [2.05, 4.69) is 15.6 Å². The lowest BCUT2D eigenvalue weighted by Crippen LogP contribution is -2.38. The van der Waals surface area contributed by atoms with Crippen LogP contribution in [0.4, 0.5) is 4.39 Å². The highest BCUT2D eigenvalue weighted by atomic mass is 19.1. The molecule has 124 valence electrons. The Kier molecular flexibility index (Phi) is 10.0. The van der Waals surface area contributed by atoms with Crippen LogP contribution >= 0.6 is 0 Å². The molecule has 0 bridgehead atoms. The number of benzene rings is 1. The highest BCUT2D eigenvalue weighted by Crippen LogP contribution is 2.05. The van der Waals surface area contributed by atoms with Crippen LogP contribution in [0.3, 0.4) is 0 Å². The molecule has 2 N–H and O–H groups in total. The number of nitrogens with zero attached hydrogens (tertiary/aromatic N) is 1. The normalized spacial score (nSPS) is 11.5. The van der Waals surface area contributed by atoms with Crippen LogP contribution in [0.2, 0.25) is 0 Å². The summed E-state index contributed by atoms with van der Waals surface area (Å²) < 4.78 is 18.4. The summed E-state index contributed by atoms with van der Waals surface area (Å²) in [6.45, 7) is 5.30. The molecule has 0 aliphatic heterocycles. The van der Waals surface area contributed by atoms with Gasteiger partial charge in [0.15, 0.2) is 5.96 Å². The van der Waals surface area contributed by atoms with Gasteiger partial charge in [0.25, 0.3) is 0 Å². The molecule has 0 heterocycles. The summed E-state index contributed by atoms with van der Waals surface area (Å²) in [6, 6.07) is 6.76. The van der Waals surface area contributed by atoms with Gasteiger partial charge in [-0.1, -0.05) is 12.1 Å². The van der Waals surface area contributed by atoms with Crippen molar-refractivity contribution in [3.05, 3.63) is 35.6 Å². The maximum Gasteiger partial charge on any atom is 0.190 e. The van der Waals surface area contributed by atoms with E-state index in [4.69, 9.17) is 4.74 Å². The number of aryl methyl sites for hydroxylation is 1. The third-order valence-electron chi connectivity index (χ3n) is 3.26. The molecular formula is C17H28FN3O. The van der Waals surface area contributed by atoms with Crippen molar-refractivity contribution in [1.29, 1.82) is 0 Å². The van der Waals surface area contributed by atoms with Crippen LogP contribution in [0, 0.1) is 5.82 Å². The highest BCUT2D eigenvalue weighted by Gasteiger charge is 1.98. The van der Waals surface area contributed by atoms with Gasteiger partial charge in [-0.15, -0.1) is 0 Å². The van der Waals surface area contributed by atoms with E-state index in [-0.39, 0.29) is 5.82 Å². The molecule has 1 aromatic rings. The van der Waals surface area contributed by atoms with Crippen molar-refractivity contribution in [2.75, 3.05) is 33.4 Å². The van der Waals surface area contributed by atoms with E-state index in [1.807, 2.05) is 13.0 Å². The fourth-order valence-electron chi connectivity index (χ4n) is 2.09. The number of aliphatic imine (C=N–C) groups is 1. The topological polar surface area (TPSA) is 45.6 Å². The maximum atomic E-state index is 13.1. The zero-order chi connectivity index (χ0) is 16.0. The molecule has 4 nitrogen and oxygen atoms in total. The van der Waals surface area contributed by atoms with Crippen LogP contribution in [0.5, 0.6) is 0 Å². The number of ether oxygens (including phenoxy) is 1. The Morgan fingerprint density at radius 1 is 1.18 bits per heavy atom. The van der Waals surface area contributed by atoms with Crippen molar-refractivity contribution < 1.29 is 9.13 Å². The van der Waals surface area contributed by atoms with Gasteiger partial charge in [0.2, 0.25) is 0 Å². The van der Waals surface area contributed by atoms with Crippen molar-refractivity contribution in [2.45, 2.75) is 32.6 Å². The molecule has 0 aliphatic carbocycles. The monoisotopic (exact) mass is 309 g/mol. The van der Waals surface area contributed by atoms with E-state index in [1.54, 1.807) is 19.2 Å². The SMILES string of the molecule is CCOCCCCNC(=NC)NCCCc1cccc(F)c1. The van der Waals surface area contributed by atoms with E-state index in [9.17, 15) is 4.39 Å². The Morgan fingerprint density at radius 3 is 2.64 bits per heavy atom. The minimum Gasteiger partial charge on any atom is -0.382 e. The predicted octanol–water partition coefficient (Wildman–Crippen LogP) is 2.74. The first-order chi connectivity index (χ1) is 10.8. The molecule has 0 saturated carbocycles. The second-order valence-corrected chi connectivity index (χ2v) is 5.06. The van der Waals surface area contributed by atoms with Gasteiger partial charge in [-0.2, -0.15) is 0 Å². The second-order valence-electron chi connectivity index (χ2n) is 5.06. The Labute approximate surface area is 133 Å². The van der Waals surface area contributed by atoms with E-state index in [0.717, 1.165) is 63.5 Å². The van der Waals surface area contributed by atoms with Crippen molar-refractivity contribution in [3.8, 4) is 0 Å². The molecule has 0 spiro atoms. The fraction of sp³-hybridized carbons (Fsp3) is 0.588. The number of hydrogen-bond donors (Lipinski definition) is 2. The zero-order valence-corrected chi connectivity index (χ0v) is 13.7. The Hall–Kier alpha value is -1.62. The standard InChI is InChI=1S/C17H28FN3O/c1-3-22-13-5-4-11-20-17(19-2)21-12-7-9-15-8-6-10-16(18)14-15/h6,8,10,14H,3-5,7,9,11-13H2,1-2H3,(H2,19,20,21). The first-order valence-electron chi connectivity index (χ1n) is 8.03. The number of unbranched alkanes of at least 4 members (excludes halogenated alkanes) is 1. The van der Waals surface area contributed by atoms with Gasteiger partial charge in [-0.25, -0.2) is 4.39 Å². The van der Waals surface area contributed by atoms with Crippen molar-refractivity contribution in [1.82, 2.24) is 10.6 Å². The molecule has 22 heavy (non-hydrogen) atoms. The molecule has 5 heteroatoms. The minimum atomic E-state index is -0.171. The molecule has 0 unspecified atom stereocenters. The quantitative estimate of drug-likeness (QED) is 0.397. The maximum absolute atomic E-state index is 13.1. The van der Waals surface area contributed by atoms with Gasteiger partial charge in [-0.05, 0) is 50.3 Å². The summed E-state index contributed by atoms with van der Waals surface area (Å²) in [5.41, 5.74) is 1.03. The first kappa shape index (κ1) is 18.4. The predicted molar refractivity (Wildman–Crippen MR) is 89.8 cm³/mol. The van der Waals surface area contributed by atoms with Crippen molar-refractivity contribution >= 4 is 5.96 Å². The molecule has 1 rings (SSSR count). The average Bonchev–Trinajstić information content (AvgIpc) is 2.52. The number of nitrogens with one attached hydrogen (secondary N) is 2. The molecule has 0 saturated heterocycles. The van der Waals surface area contributed by atoms with Crippen LogP contribution in [0.25, 0.3) is 0 Å². The average molecular weight is 309 g/mol. The molecule has 0 amide bonds. The van der Waals surface area contributed by atoms with Crippen molar-refractivity contribution in [3.63, 3.8) is 0 Å². The van der Waals surface area contributed by atoms with Crippen LogP contribution in [-0.2, 0) is 11.2 Å². The summed E-state index contributed by atoms with van der Waals surface area (Å²) in [7, 11) is 1.77. The molecular weight excluding hydrogens is 281 g/mol. The zero-order valence-electron chi connectivity index (χ0n) is 13.7. The van der Waals surface area contributed by atoms with Gasteiger partial charge in [0, 0.05) is 33.4 Å². The first-order valence-corrected chi connectivity index (χ1v) is 8.03. The number of halogens is 1. The third-order valence-corrected chi connectivity index (χ3v) is 3.26. The summed E-state index contributed by atoms with van der Waals surface area (Å²) >= 11 is 0. The van der Waals surface area contributed by atoms with Crippen LogP contribution < -0.4 is 10.6 Å². The summed E-state index contributed by atoms with van der Waals surface area (Å²) in [5, 5.41) is 6.55. The van der Waals surface area contributed by atoms with E-state index in [1.165, 1.54) is 6.07 Å². The number of rotatable bonds is 10. The van der Waals surface area contributed by atoms with Gasteiger partial charge >= 0.3 is 0 Å².